The quantitative estimate of drug-likeness (QED) is 0.714. The molecule has 0 spiro atoms. The van der Waals surface area contributed by atoms with E-state index in [-0.39, 0.29) is 6.04 Å². The van der Waals surface area contributed by atoms with Crippen molar-refractivity contribution in [1.29, 1.82) is 0 Å². The Morgan fingerprint density at radius 1 is 1.29 bits per heavy atom. The highest BCUT2D eigenvalue weighted by Gasteiger charge is 2.39. The predicted octanol–water partition coefficient (Wildman–Crippen LogP) is 3.85. The molecule has 4 nitrogen and oxygen atoms in total. The molecule has 2 aromatic rings. The van der Waals surface area contributed by atoms with Crippen LogP contribution in [0.2, 0.25) is 0 Å². The molecular formula is C18H23NO3S2. The van der Waals surface area contributed by atoms with Gasteiger partial charge in [-0.3, -0.25) is 0 Å². The van der Waals surface area contributed by atoms with Gasteiger partial charge in [-0.15, -0.1) is 11.3 Å². The van der Waals surface area contributed by atoms with Crippen molar-refractivity contribution in [2.75, 3.05) is 13.2 Å². The van der Waals surface area contributed by atoms with Gasteiger partial charge in [0.05, 0.1) is 6.61 Å². The summed E-state index contributed by atoms with van der Waals surface area (Å²) in [6.07, 6.45) is 2.64. The van der Waals surface area contributed by atoms with Crippen LogP contribution in [0.4, 0.5) is 0 Å². The summed E-state index contributed by atoms with van der Waals surface area (Å²) in [6.45, 7) is 4.74. The van der Waals surface area contributed by atoms with Gasteiger partial charge >= 0.3 is 0 Å². The van der Waals surface area contributed by atoms with E-state index in [0.717, 1.165) is 24.8 Å². The van der Waals surface area contributed by atoms with Crippen LogP contribution in [0.5, 0.6) is 5.75 Å². The molecule has 1 heterocycles. The zero-order chi connectivity index (χ0) is 17.2. The molecule has 0 unspecified atom stereocenters. The molecule has 1 saturated carbocycles. The molecule has 130 valence electrons. The third-order valence-electron chi connectivity index (χ3n) is 4.10. The molecule has 0 amide bonds. The Hall–Kier alpha value is -1.37. The summed E-state index contributed by atoms with van der Waals surface area (Å²) >= 11 is 1.67. The summed E-state index contributed by atoms with van der Waals surface area (Å²) in [5.74, 6) is 0.449. The number of sulfonamides is 1. The molecule has 6 heteroatoms. The van der Waals surface area contributed by atoms with Crippen LogP contribution in [0.3, 0.4) is 0 Å². The first kappa shape index (κ1) is 17.5. The number of ether oxygens (including phenoxy) is 1. The maximum absolute atomic E-state index is 13.3. The smallest absolute Gasteiger partial charge is 0.247 e. The highest BCUT2D eigenvalue weighted by atomic mass is 32.2. The minimum Gasteiger partial charge on any atom is -0.492 e. The Labute approximate surface area is 148 Å². The fourth-order valence-corrected chi connectivity index (χ4v) is 5.36. The first-order valence-electron chi connectivity index (χ1n) is 8.30. The maximum Gasteiger partial charge on any atom is 0.247 e. The normalized spacial score (nSPS) is 15.0. The minimum absolute atomic E-state index is 0.130. The lowest BCUT2D eigenvalue weighted by Crippen LogP contribution is -2.35. The summed E-state index contributed by atoms with van der Waals surface area (Å²) in [5.41, 5.74) is 0.922. The largest absolute Gasteiger partial charge is 0.492 e. The van der Waals surface area contributed by atoms with Crippen LogP contribution in [-0.2, 0) is 16.4 Å². The topological polar surface area (TPSA) is 46.6 Å². The van der Waals surface area contributed by atoms with Crippen molar-refractivity contribution in [3.05, 3.63) is 46.2 Å². The molecule has 1 aliphatic carbocycles. The summed E-state index contributed by atoms with van der Waals surface area (Å²) in [4.78, 5) is 1.51. The average Bonchev–Trinajstić information content (AvgIpc) is 3.24. The van der Waals surface area contributed by atoms with Gasteiger partial charge in [-0.25, -0.2) is 8.42 Å². The van der Waals surface area contributed by atoms with Crippen LogP contribution in [0.15, 0.2) is 40.6 Å². The third-order valence-corrected chi connectivity index (χ3v) is 7.01. The van der Waals surface area contributed by atoms with E-state index in [2.05, 4.69) is 6.07 Å². The van der Waals surface area contributed by atoms with Gasteiger partial charge < -0.3 is 4.74 Å². The number of rotatable bonds is 8. The van der Waals surface area contributed by atoms with Gasteiger partial charge in [0.2, 0.25) is 10.0 Å². The van der Waals surface area contributed by atoms with E-state index in [1.807, 2.05) is 31.4 Å². The predicted molar refractivity (Wildman–Crippen MR) is 97.3 cm³/mol. The van der Waals surface area contributed by atoms with Crippen LogP contribution < -0.4 is 4.74 Å². The molecule has 1 aromatic carbocycles. The van der Waals surface area contributed by atoms with Gasteiger partial charge in [0.25, 0.3) is 0 Å². The summed E-state index contributed by atoms with van der Waals surface area (Å²) < 4.78 is 33.8. The fourth-order valence-electron chi connectivity index (χ4n) is 2.75. The van der Waals surface area contributed by atoms with E-state index in [9.17, 15) is 8.42 Å². The van der Waals surface area contributed by atoms with Crippen molar-refractivity contribution >= 4 is 21.4 Å². The van der Waals surface area contributed by atoms with Crippen molar-refractivity contribution in [2.45, 2.75) is 44.0 Å². The number of hydrogen-bond donors (Lipinski definition) is 0. The Morgan fingerprint density at radius 3 is 2.71 bits per heavy atom. The summed E-state index contributed by atoms with van der Waals surface area (Å²) in [5, 5.41) is 2.03. The molecule has 1 fully saturated rings. The van der Waals surface area contributed by atoms with Gasteiger partial charge in [-0.05, 0) is 62.3 Å². The standard InChI is InChI=1S/C18H23NO3S2/c1-3-22-17-9-6-14(2)13-18(17)24(20,21)19(15-7-8-15)11-10-16-5-4-12-23-16/h4-6,9,12-13,15H,3,7-8,10-11H2,1-2H3. The van der Waals surface area contributed by atoms with E-state index < -0.39 is 10.0 Å². The Bertz CT molecular complexity index is 781. The minimum atomic E-state index is -3.55. The Balaban J connectivity index is 1.90. The molecule has 0 bridgehead atoms. The molecule has 0 radical (unpaired) electrons. The molecule has 0 atom stereocenters. The van der Waals surface area contributed by atoms with Gasteiger partial charge in [0, 0.05) is 17.5 Å². The van der Waals surface area contributed by atoms with Crippen LogP contribution in [0.25, 0.3) is 0 Å². The lowest BCUT2D eigenvalue weighted by molar-refractivity contribution is 0.328. The molecule has 1 aromatic heterocycles. The monoisotopic (exact) mass is 365 g/mol. The van der Waals surface area contributed by atoms with Crippen LogP contribution in [-0.4, -0.2) is 31.9 Å². The van der Waals surface area contributed by atoms with Crippen molar-refractivity contribution in [3.63, 3.8) is 0 Å². The second-order valence-corrected chi connectivity index (χ2v) is 8.95. The second-order valence-electron chi connectivity index (χ2n) is 6.06. The van der Waals surface area contributed by atoms with Gasteiger partial charge in [0.1, 0.15) is 10.6 Å². The number of nitrogens with zero attached hydrogens (tertiary/aromatic N) is 1. The summed E-state index contributed by atoms with van der Waals surface area (Å²) in [6, 6.07) is 9.56. The van der Waals surface area contributed by atoms with E-state index in [0.29, 0.717) is 23.8 Å². The van der Waals surface area contributed by atoms with Gasteiger partial charge in [-0.2, -0.15) is 4.31 Å². The van der Waals surface area contributed by atoms with E-state index in [1.165, 1.54) is 4.88 Å². The SMILES string of the molecule is CCOc1ccc(C)cc1S(=O)(=O)N(CCc1cccs1)C1CC1. The molecule has 0 saturated heterocycles. The molecule has 24 heavy (non-hydrogen) atoms. The fraction of sp³-hybridized carbons (Fsp3) is 0.444. The van der Waals surface area contributed by atoms with Crippen molar-refractivity contribution < 1.29 is 13.2 Å². The van der Waals surface area contributed by atoms with E-state index >= 15 is 0 Å². The summed E-state index contributed by atoms with van der Waals surface area (Å²) in [7, 11) is -3.55. The van der Waals surface area contributed by atoms with E-state index in [4.69, 9.17) is 4.74 Å². The van der Waals surface area contributed by atoms with Crippen molar-refractivity contribution in [2.24, 2.45) is 0 Å². The number of hydrogen-bond acceptors (Lipinski definition) is 4. The van der Waals surface area contributed by atoms with Crippen LogP contribution >= 0.6 is 11.3 Å². The molecule has 1 aliphatic rings. The highest BCUT2D eigenvalue weighted by molar-refractivity contribution is 7.89. The van der Waals surface area contributed by atoms with E-state index in [1.54, 1.807) is 27.8 Å². The van der Waals surface area contributed by atoms with Crippen LogP contribution in [0, 0.1) is 6.92 Å². The molecule has 0 N–H and O–H groups in total. The zero-order valence-corrected chi connectivity index (χ0v) is 15.7. The molecule has 3 rings (SSSR count). The lowest BCUT2D eigenvalue weighted by Gasteiger charge is -2.23. The first-order valence-corrected chi connectivity index (χ1v) is 10.6. The molecular weight excluding hydrogens is 342 g/mol. The van der Waals surface area contributed by atoms with Crippen molar-refractivity contribution in [3.8, 4) is 5.75 Å². The number of benzene rings is 1. The highest BCUT2D eigenvalue weighted by Crippen LogP contribution is 2.35. The maximum atomic E-state index is 13.3. The number of aryl methyl sites for hydroxylation is 1. The zero-order valence-electron chi connectivity index (χ0n) is 14.1. The average molecular weight is 366 g/mol. The Kier molecular flexibility index (Phi) is 5.27. The van der Waals surface area contributed by atoms with Crippen molar-refractivity contribution in [1.82, 2.24) is 4.31 Å². The third kappa shape index (κ3) is 3.82. The second kappa shape index (κ2) is 7.25. The lowest BCUT2D eigenvalue weighted by atomic mass is 10.2. The Morgan fingerprint density at radius 2 is 2.08 bits per heavy atom. The first-order chi connectivity index (χ1) is 11.5. The van der Waals surface area contributed by atoms with Crippen LogP contribution in [0.1, 0.15) is 30.2 Å². The van der Waals surface area contributed by atoms with Gasteiger partial charge in [-0.1, -0.05) is 12.1 Å². The van der Waals surface area contributed by atoms with Gasteiger partial charge in [0.15, 0.2) is 0 Å². The number of thiophene rings is 1. The molecule has 0 aliphatic heterocycles.